The van der Waals surface area contributed by atoms with Crippen molar-refractivity contribution in [3.63, 3.8) is 0 Å². The van der Waals surface area contributed by atoms with Crippen molar-refractivity contribution in [2.45, 2.75) is 6.43 Å². The molecule has 0 saturated carbocycles. The van der Waals surface area contributed by atoms with E-state index in [0.29, 0.717) is 10.8 Å². The lowest BCUT2D eigenvalue weighted by atomic mass is 10.3. The van der Waals surface area contributed by atoms with Crippen molar-refractivity contribution in [3.8, 4) is 5.82 Å². The van der Waals surface area contributed by atoms with E-state index in [1.807, 2.05) is 0 Å². The third-order valence-corrected chi connectivity index (χ3v) is 2.35. The Morgan fingerprint density at radius 2 is 2.18 bits per heavy atom. The summed E-state index contributed by atoms with van der Waals surface area (Å²) < 4.78 is 26.0. The van der Waals surface area contributed by atoms with Crippen LogP contribution in [-0.2, 0) is 0 Å². The van der Waals surface area contributed by atoms with Gasteiger partial charge in [0.2, 0.25) is 0 Å². The van der Waals surface area contributed by atoms with Crippen LogP contribution in [0.25, 0.3) is 5.82 Å². The van der Waals surface area contributed by atoms with Gasteiger partial charge in [-0.15, -0.1) is 9.90 Å². The Hall–Kier alpha value is -1.70. The third-order valence-electron chi connectivity index (χ3n) is 1.92. The number of nitrogens with zero attached hydrogens (tertiary/aromatic N) is 4. The van der Waals surface area contributed by atoms with Gasteiger partial charge in [-0.05, 0) is 22.0 Å². The van der Waals surface area contributed by atoms with Crippen LogP contribution in [0.1, 0.15) is 22.5 Å². The van der Waals surface area contributed by atoms with Crippen LogP contribution >= 0.6 is 15.9 Å². The van der Waals surface area contributed by atoms with Crippen molar-refractivity contribution < 1.29 is 13.6 Å². The third kappa shape index (κ3) is 2.36. The quantitative estimate of drug-likeness (QED) is 0.815. The smallest absolute Gasteiger partial charge is 0.267 e. The molecule has 0 N–H and O–H groups in total. The average molecular weight is 303 g/mol. The van der Waals surface area contributed by atoms with Crippen LogP contribution in [0.5, 0.6) is 0 Å². The molecule has 0 aliphatic rings. The predicted molar refractivity (Wildman–Crippen MR) is 57.2 cm³/mol. The standard InChI is InChI=1S/C9H5BrF2N4O/c10-5-1-7(8(11)12)9(13-2-5)16-14-3-6(4-17)15-16/h1-4,8H. The monoisotopic (exact) mass is 302 g/mol. The highest BCUT2D eigenvalue weighted by Gasteiger charge is 2.17. The number of carbonyl (C=O) groups is 1. The van der Waals surface area contributed by atoms with E-state index in [4.69, 9.17) is 0 Å². The molecule has 0 fully saturated rings. The van der Waals surface area contributed by atoms with Gasteiger partial charge < -0.3 is 0 Å². The van der Waals surface area contributed by atoms with Gasteiger partial charge in [0.1, 0.15) is 5.69 Å². The lowest BCUT2D eigenvalue weighted by molar-refractivity contribution is 0.111. The summed E-state index contributed by atoms with van der Waals surface area (Å²) >= 11 is 3.05. The summed E-state index contributed by atoms with van der Waals surface area (Å²) in [5.41, 5.74) is -0.262. The summed E-state index contributed by atoms with van der Waals surface area (Å²) in [5.74, 6) is -0.101. The first kappa shape index (κ1) is 11.8. The number of carbonyl (C=O) groups excluding carboxylic acids is 1. The molecule has 0 atom stereocenters. The van der Waals surface area contributed by atoms with Crippen LogP contribution in [0.2, 0.25) is 0 Å². The van der Waals surface area contributed by atoms with Crippen LogP contribution in [0, 0.1) is 0 Å². The van der Waals surface area contributed by atoms with Crippen LogP contribution in [0.15, 0.2) is 22.9 Å². The molecule has 0 spiro atoms. The Balaban J connectivity index is 2.54. The summed E-state index contributed by atoms with van der Waals surface area (Å²) in [7, 11) is 0. The molecule has 0 aromatic carbocycles. The Morgan fingerprint density at radius 3 is 2.76 bits per heavy atom. The molecule has 0 saturated heterocycles. The fourth-order valence-corrected chi connectivity index (χ4v) is 1.56. The number of aldehydes is 1. The molecule has 5 nitrogen and oxygen atoms in total. The SMILES string of the molecule is O=Cc1cnn(-c2ncc(Br)cc2C(F)F)n1. The first-order valence-electron chi connectivity index (χ1n) is 4.43. The minimum atomic E-state index is -2.71. The zero-order valence-electron chi connectivity index (χ0n) is 8.22. The van der Waals surface area contributed by atoms with E-state index in [9.17, 15) is 13.6 Å². The van der Waals surface area contributed by atoms with Gasteiger partial charge in [0.05, 0.1) is 11.8 Å². The minimum absolute atomic E-state index is 0.0509. The second kappa shape index (κ2) is 4.66. The van der Waals surface area contributed by atoms with Gasteiger partial charge >= 0.3 is 0 Å². The normalized spacial score (nSPS) is 10.8. The highest BCUT2D eigenvalue weighted by molar-refractivity contribution is 9.10. The number of alkyl halides is 2. The van der Waals surface area contributed by atoms with E-state index in [0.717, 1.165) is 4.80 Å². The summed E-state index contributed by atoms with van der Waals surface area (Å²) in [6, 6.07) is 1.23. The van der Waals surface area contributed by atoms with E-state index in [1.165, 1.54) is 18.5 Å². The second-order valence-corrected chi connectivity index (χ2v) is 3.96. The molecule has 2 aromatic heterocycles. The number of aromatic nitrogens is 4. The van der Waals surface area contributed by atoms with E-state index in [-0.39, 0.29) is 17.1 Å². The first-order chi connectivity index (χ1) is 8.11. The number of rotatable bonds is 3. The Labute approximate surface area is 103 Å². The number of halogens is 3. The molecule has 0 amide bonds. The van der Waals surface area contributed by atoms with Crippen molar-refractivity contribution in [1.82, 2.24) is 20.0 Å². The van der Waals surface area contributed by atoms with Gasteiger partial charge in [0.15, 0.2) is 12.1 Å². The van der Waals surface area contributed by atoms with Gasteiger partial charge in [-0.25, -0.2) is 13.8 Å². The Kier molecular flexibility index (Phi) is 3.23. The average Bonchev–Trinajstić information content (AvgIpc) is 2.77. The molecular formula is C9H5BrF2N4O. The molecule has 0 aliphatic heterocycles. The molecule has 2 heterocycles. The van der Waals surface area contributed by atoms with Crippen molar-refractivity contribution in [2.24, 2.45) is 0 Å². The van der Waals surface area contributed by atoms with E-state index in [2.05, 4.69) is 31.1 Å². The molecule has 2 rings (SSSR count). The lowest BCUT2D eigenvalue weighted by Crippen LogP contribution is -2.06. The highest BCUT2D eigenvalue weighted by Crippen LogP contribution is 2.26. The molecule has 0 aliphatic carbocycles. The predicted octanol–water partition coefficient (Wildman–Crippen LogP) is 2.17. The van der Waals surface area contributed by atoms with Gasteiger partial charge in [0, 0.05) is 10.7 Å². The number of hydrogen-bond acceptors (Lipinski definition) is 4. The zero-order valence-corrected chi connectivity index (χ0v) is 9.80. The fourth-order valence-electron chi connectivity index (χ4n) is 1.21. The molecule has 88 valence electrons. The number of hydrogen-bond donors (Lipinski definition) is 0. The maximum Gasteiger partial charge on any atom is 0.267 e. The van der Waals surface area contributed by atoms with Crippen LogP contribution in [0.4, 0.5) is 8.78 Å². The van der Waals surface area contributed by atoms with Crippen LogP contribution in [-0.4, -0.2) is 26.3 Å². The maximum atomic E-state index is 12.8. The van der Waals surface area contributed by atoms with Crippen LogP contribution in [0.3, 0.4) is 0 Å². The largest absolute Gasteiger partial charge is 0.296 e. The van der Waals surface area contributed by atoms with E-state index in [1.54, 1.807) is 0 Å². The van der Waals surface area contributed by atoms with Gasteiger partial charge in [-0.2, -0.15) is 5.10 Å². The summed E-state index contributed by atoms with van der Waals surface area (Å²) in [5, 5.41) is 7.39. The Morgan fingerprint density at radius 1 is 1.41 bits per heavy atom. The van der Waals surface area contributed by atoms with Crippen molar-refractivity contribution in [3.05, 3.63) is 34.2 Å². The minimum Gasteiger partial charge on any atom is -0.296 e. The van der Waals surface area contributed by atoms with Crippen molar-refractivity contribution >= 4 is 22.2 Å². The summed E-state index contributed by atoms with van der Waals surface area (Å²) in [6.07, 6.45) is 0.294. The van der Waals surface area contributed by atoms with Crippen molar-refractivity contribution in [2.75, 3.05) is 0 Å². The Bertz CT molecular complexity index is 558. The number of pyridine rings is 1. The molecule has 17 heavy (non-hydrogen) atoms. The molecule has 8 heteroatoms. The molecular weight excluding hydrogens is 298 g/mol. The molecule has 0 bridgehead atoms. The summed E-state index contributed by atoms with van der Waals surface area (Å²) in [4.78, 5) is 15.1. The molecule has 0 radical (unpaired) electrons. The highest BCUT2D eigenvalue weighted by atomic mass is 79.9. The molecule has 0 unspecified atom stereocenters. The van der Waals surface area contributed by atoms with Crippen molar-refractivity contribution in [1.29, 1.82) is 0 Å². The van der Waals surface area contributed by atoms with Crippen LogP contribution < -0.4 is 0 Å². The van der Waals surface area contributed by atoms with Gasteiger partial charge in [-0.1, -0.05) is 0 Å². The van der Waals surface area contributed by atoms with E-state index < -0.39 is 6.43 Å². The lowest BCUT2D eigenvalue weighted by Gasteiger charge is -2.06. The summed E-state index contributed by atoms with van der Waals surface area (Å²) in [6.45, 7) is 0. The van der Waals surface area contributed by atoms with Gasteiger partial charge in [0.25, 0.3) is 6.43 Å². The topological polar surface area (TPSA) is 60.7 Å². The molecule has 2 aromatic rings. The fraction of sp³-hybridized carbons (Fsp3) is 0.111. The second-order valence-electron chi connectivity index (χ2n) is 3.04. The van der Waals surface area contributed by atoms with E-state index >= 15 is 0 Å². The van der Waals surface area contributed by atoms with Gasteiger partial charge in [-0.3, -0.25) is 4.79 Å². The maximum absolute atomic E-state index is 12.8. The zero-order chi connectivity index (χ0) is 12.4. The first-order valence-corrected chi connectivity index (χ1v) is 5.22.